The molecule has 0 saturated heterocycles. The number of nitrogens with zero attached hydrogens (tertiary/aromatic N) is 2. The van der Waals surface area contributed by atoms with E-state index >= 15 is 0 Å². The summed E-state index contributed by atoms with van der Waals surface area (Å²) in [6, 6.07) is 10.2. The molecular formula is C18H25N3O. The second kappa shape index (κ2) is 6.39. The molecule has 1 aliphatic rings. The van der Waals surface area contributed by atoms with Crippen molar-refractivity contribution in [2.24, 2.45) is 5.92 Å². The molecule has 1 aromatic rings. The van der Waals surface area contributed by atoms with Crippen LogP contribution in [-0.4, -0.2) is 24.0 Å². The number of hydrogen-bond acceptors (Lipinski definition) is 3. The third kappa shape index (κ3) is 3.09. The maximum atomic E-state index is 12.6. The normalized spacial score (nSPS) is 18.1. The van der Waals surface area contributed by atoms with Crippen LogP contribution in [-0.2, 0) is 11.2 Å². The highest BCUT2D eigenvalue weighted by molar-refractivity contribution is 5.86. The van der Waals surface area contributed by atoms with Gasteiger partial charge in [0.05, 0.1) is 6.07 Å². The molecule has 4 heteroatoms. The van der Waals surface area contributed by atoms with Gasteiger partial charge in [-0.3, -0.25) is 4.79 Å². The van der Waals surface area contributed by atoms with Crippen LogP contribution >= 0.6 is 0 Å². The second-order valence-corrected chi connectivity index (χ2v) is 6.56. The van der Waals surface area contributed by atoms with Gasteiger partial charge >= 0.3 is 0 Å². The Morgan fingerprint density at radius 3 is 2.68 bits per heavy atom. The number of para-hydroxylation sites is 1. The molecule has 1 heterocycles. The summed E-state index contributed by atoms with van der Waals surface area (Å²) >= 11 is 0. The average Bonchev–Trinajstić information content (AvgIpc) is 2.53. The van der Waals surface area contributed by atoms with Gasteiger partial charge in [0.1, 0.15) is 11.6 Å². The molecule has 22 heavy (non-hydrogen) atoms. The first kappa shape index (κ1) is 16.4. The van der Waals surface area contributed by atoms with E-state index in [9.17, 15) is 10.1 Å². The van der Waals surface area contributed by atoms with Gasteiger partial charge in [-0.25, -0.2) is 0 Å². The number of anilines is 1. The van der Waals surface area contributed by atoms with Gasteiger partial charge in [0.15, 0.2) is 0 Å². The summed E-state index contributed by atoms with van der Waals surface area (Å²) in [5, 5.41) is 12.3. The first-order chi connectivity index (χ1) is 10.4. The molecule has 0 aliphatic carbocycles. The lowest BCUT2D eigenvalue weighted by molar-refractivity contribution is -0.123. The first-order valence-electron chi connectivity index (χ1n) is 7.97. The fourth-order valence-electron chi connectivity index (χ4n) is 2.77. The first-order valence-corrected chi connectivity index (χ1v) is 7.97. The Balaban J connectivity index is 2.17. The number of hydrogen-bond donors (Lipinski definition) is 1. The number of rotatable bonds is 4. The molecule has 0 aromatic heterocycles. The van der Waals surface area contributed by atoms with Crippen LogP contribution in [0, 0.1) is 17.2 Å². The number of fused-ring (bicyclic) bond motifs is 1. The lowest BCUT2D eigenvalue weighted by Gasteiger charge is -2.37. The van der Waals surface area contributed by atoms with Gasteiger partial charge in [0, 0.05) is 12.2 Å². The van der Waals surface area contributed by atoms with Gasteiger partial charge in [-0.05, 0) is 44.2 Å². The van der Waals surface area contributed by atoms with Gasteiger partial charge in [0.25, 0.3) is 0 Å². The Morgan fingerprint density at radius 2 is 2.05 bits per heavy atom. The molecule has 0 bridgehead atoms. The highest BCUT2D eigenvalue weighted by Crippen LogP contribution is 2.28. The summed E-state index contributed by atoms with van der Waals surface area (Å²) < 4.78 is 0. The molecule has 118 valence electrons. The second-order valence-electron chi connectivity index (χ2n) is 6.56. The monoisotopic (exact) mass is 299 g/mol. The number of benzene rings is 1. The number of carbonyl (C=O) groups is 1. The van der Waals surface area contributed by atoms with Crippen molar-refractivity contribution in [3.63, 3.8) is 0 Å². The number of nitriles is 1. The van der Waals surface area contributed by atoms with E-state index in [0.717, 1.165) is 25.1 Å². The van der Waals surface area contributed by atoms with Crippen molar-refractivity contribution in [3.8, 4) is 6.07 Å². The summed E-state index contributed by atoms with van der Waals surface area (Å²) in [7, 11) is 0. The SMILES string of the molecule is CC(C)[C@](C)(C#N)NC(=O)[C@H](C)N1CCCc2ccccc21. The van der Waals surface area contributed by atoms with Crippen LogP contribution in [0.3, 0.4) is 0 Å². The predicted octanol–water partition coefficient (Wildman–Crippen LogP) is 2.88. The van der Waals surface area contributed by atoms with Gasteiger partial charge < -0.3 is 10.2 Å². The molecule has 4 nitrogen and oxygen atoms in total. The van der Waals surface area contributed by atoms with Gasteiger partial charge in [0.2, 0.25) is 5.91 Å². The molecule has 2 rings (SSSR count). The van der Waals surface area contributed by atoms with E-state index in [1.54, 1.807) is 6.92 Å². The topological polar surface area (TPSA) is 56.1 Å². The number of aryl methyl sites for hydroxylation is 1. The van der Waals surface area contributed by atoms with Crippen molar-refractivity contribution in [1.29, 1.82) is 5.26 Å². The van der Waals surface area contributed by atoms with E-state index in [4.69, 9.17) is 0 Å². The zero-order valence-corrected chi connectivity index (χ0v) is 13.9. The third-order valence-corrected chi connectivity index (χ3v) is 4.76. The molecule has 1 N–H and O–H groups in total. The van der Waals surface area contributed by atoms with Crippen LogP contribution in [0.25, 0.3) is 0 Å². The predicted molar refractivity (Wildman–Crippen MR) is 88.6 cm³/mol. The molecule has 0 unspecified atom stereocenters. The van der Waals surface area contributed by atoms with E-state index in [1.807, 2.05) is 32.9 Å². The smallest absolute Gasteiger partial charge is 0.243 e. The fourth-order valence-corrected chi connectivity index (χ4v) is 2.77. The summed E-state index contributed by atoms with van der Waals surface area (Å²) in [5.41, 5.74) is 1.60. The molecule has 0 radical (unpaired) electrons. The van der Waals surface area contributed by atoms with Gasteiger partial charge in [-0.15, -0.1) is 0 Å². The van der Waals surface area contributed by atoms with Crippen molar-refractivity contribution in [3.05, 3.63) is 29.8 Å². The standard InChI is InChI=1S/C18H25N3O/c1-13(2)18(4,12-19)20-17(22)14(3)21-11-7-9-15-8-5-6-10-16(15)21/h5-6,8,10,13-14H,7,9,11H2,1-4H3,(H,20,22)/t14-,18-/m0/s1. The molecule has 0 fully saturated rings. The van der Waals surface area contributed by atoms with Crippen LogP contribution in [0.5, 0.6) is 0 Å². The van der Waals surface area contributed by atoms with E-state index in [2.05, 4.69) is 28.4 Å². The third-order valence-electron chi connectivity index (χ3n) is 4.76. The van der Waals surface area contributed by atoms with Crippen LogP contribution in [0.15, 0.2) is 24.3 Å². The number of nitrogens with one attached hydrogen (secondary N) is 1. The van der Waals surface area contributed by atoms with Gasteiger partial charge in [-0.1, -0.05) is 32.0 Å². The van der Waals surface area contributed by atoms with E-state index in [0.29, 0.717) is 0 Å². The van der Waals surface area contributed by atoms with Crippen LogP contribution in [0.4, 0.5) is 5.69 Å². The van der Waals surface area contributed by atoms with Gasteiger partial charge in [-0.2, -0.15) is 5.26 Å². The molecular weight excluding hydrogens is 274 g/mol. The lowest BCUT2D eigenvalue weighted by Crippen LogP contribution is -2.55. The maximum Gasteiger partial charge on any atom is 0.243 e. The number of amides is 1. The van der Waals surface area contributed by atoms with Crippen molar-refractivity contribution in [1.82, 2.24) is 5.32 Å². The minimum absolute atomic E-state index is 0.0577. The van der Waals surface area contributed by atoms with Crippen LogP contribution < -0.4 is 10.2 Å². The largest absolute Gasteiger partial charge is 0.360 e. The quantitative estimate of drug-likeness (QED) is 0.930. The Morgan fingerprint density at radius 1 is 1.36 bits per heavy atom. The molecule has 0 saturated carbocycles. The molecule has 1 aliphatic heterocycles. The zero-order chi connectivity index (χ0) is 16.3. The van der Waals surface area contributed by atoms with E-state index < -0.39 is 5.54 Å². The minimum Gasteiger partial charge on any atom is -0.360 e. The van der Waals surface area contributed by atoms with Crippen LogP contribution in [0.2, 0.25) is 0 Å². The number of carbonyl (C=O) groups excluding carboxylic acids is 1. The average molecular weight is 299 g/mol. The maximum absolute atomic E-state index is 12.6. The van der Waals surface area contributed by atoms with Crippen molar-refractivity contribution in [2.45, 2.75) is 52.1 Å². The highest BCUT2D eigenvalue weighted by atomic mass is 16.2. The summed E-state index contributed by atoms with van der Waals surface area (Å²) in [4.78, 5) is 14.8. The Labute approximate surface area is 133 Å². The Hall–Kier alpha value is -2.02. The van der Waals surface area contributed by atoms with Crippen molar-refractivity contribution >= 4 is 11.6 Å². The zero-order valence-electron chi connectivity index (χ0n) is 13.9. The van der Waals surface area contributed by atoms with Crippen molar-refractivity contribution in [2.75, 3.05) is 11.4 Å². The van der Waals surface area contributed by atoms with Crippen LogP contribution in [0.1, 0.15) is 39.7 Å². The highest BCUT2D eigenvalue weighted by Gasteiger charge is 2.34. The molecule has 0 spiro atoms. The lowest BCUT2D eigenvalue weighted by atomic mass is 9.89. The summed E-state index contributed by atoms with van der Waals surface area (Å²) in [5.74, 6) is -0.0308. The summed E-state index contributed by atoms with van der Waals surface area (Å²) in [6.07, 6.45) is 2.11. The summed E-state index contributed by atoms with van der Waals surface area (Å²) in [6.45, 7) is 8.47. The molecule has 1 amide bonds. The fraction of sp³-hybridized carbons (Fsp3) is 0.556. The Bertz CT molecular complexity index is 590. The molecule has 1 aromatic carbocycles. The minimum atomic E-state index is -0.833. The van der Waals surface area contributed by atoms with Crippen molar-refractivity contribution < 1.29 is 4.79 Å². The van der Waals surface area contributed by atoms with E-state index in [-0.39, 0.29) is 17.9 Å². The van der Waals surface area contributed by atoms with E-state index in [1.165, 1.54) is 5.56 Å². The molecule has 2 atom stereocenters. The Kier molecular flexibility index (Phi) is 4.75.